The number of nitrogens with two attached hydrogens (primary N) is 1. The van der Waals surface area contributed by atoms with Gasteiger partial charge in [-0.25, -0.2) is 5.01 Å². The van der Waals surface area contributed by atoms with Gasteiger partial charge in [-0.05, 0) is 50.5 Å². The molecule has 0 spiro atoms. The Balaban J connectivity index is 1.96. The molecule has 2 N–H and O–H groups in total. The van der Waals surface area contributed by atoms with Gasteiger partial charge < -0.3 is 10.5 Å². The largest absolute Gasteiger partial charge is 0.383 e. The summed E-state index contributed by atoms with van der Waals surface area (Å²) < 4.78 is 5.80. The summed E-state index contributed by atoms with van der Waals surface area (Å²) >= 11 is 0. The Hall–Kier alpha value is -2.58. The lowest BCUT2D eigenvalue weighted by molar-refractivity contribution is 0.0409. The lowest BCUT2D eigenvalue weighted by Crippen LogP contribution is -2.39. The third-order valence-corrected chi connectivity index (χ3v) is 4.47. The lowest BCUT2D eigenvalue weighted by Gasteiger charge is -2.34. The van der Waals surface area contributed by atoms with Crippen molar-refractivity contribution in [3.8, 4) is 6.07 Å². The molecule has 2 aliphatic rings. The van der Waals surface area contributed by atoms with Gasteiger partial charge >= 0.3 is 0 Å². The Morgan fingerprint density at radius 2 is 2.04 bits per heavy atom. The van der Waals surface area contributed by atoms with Crippen molar-refractivity contribution in [3.05, 3.63) is 52.9 Å². The van der Waals surface area contributed by atoms with Crippen LogP contribution in [0.25, 0.3) is 0 Å². The van der Waals surface area contributed by atoms with Gasteiger partial charge in [0.05, 0.1) is 23.6 Å². The summed E-state index contributed by atoms with van der Waals surface area (Å²) in [6, 6.07) is 10.4. The third-order valence-electron chi connectivity index (χ3n) is 4.47. The van der Waals surface area contributed by atoms with Crippen LogP contribution in [0.15, 0.2) is 52.4 Å². The molecule has 2 heterocycles. The average molecular weight is 336 g/mol. The molecule has 3 rings (SSSR count). The number of benzene rings is 1. The number of unbranched alkanes of at least 4 members (excludes halogenated alkanes) is 1. The van der Waals surface area contributed by atoms with E-state index in [0.717, 1.165) is 23.4 Å². The molecular formula is C20H24N4O. The molecule has 5 heteroatoms. The van der Waals surface area contributed by atoms with Gasteiger partial charge in [-0.1, -0.05) is 25.5 Å². The molecule has 5 nitrogen and oxygen atoms in total. The molecule has 0 atom stereocenters. The molecule has 1 aromatic rings. The minimum absolute atomic E-state index is 0.358. The van der Waals surface area contributed by atoms with E-state index in [2.05, 4.69) is 30.2 Å². The molecule has 0 aromatic heterocycles. The molecule has 0 amide bonds. The minimum atomic E-state index is -0.431. The van der Waals surface area contributed by atoms with Gasteiger partial charge in [0.25, 0.3) is 0 Å². The van der Waals surface area contributed by atoms with E-state index in [1.807, 2.05) is 32.1 Å². The Morgan fingerprint density at radius 3 is 2.68 bits per heavy atom. The summed E-state index contributed by atoms with van der Waals surface area (Å²) in [4.78, 5) is 0. The van der Waals surface area contributed by atoms with Gasteiger partial charge in [-0.2, -0.15) is 10.4 Å². The van der Waals surface area contributed by atoms with Crippen molar-refractivity contribution in [2.24, 2.45) is 10.8 Å². The maximum atomic E-state index is 9.63. The zero-order chi connectivity index (χ0) is 18.0. The van der Waals surface area contributed by atoms with E-state index in [0.29, 0.717) is 18.0 Å². The van der Waals surface area contributed by atoms with Crippen molar-refractivity contribution in [2.45, 2.75) is 45.6 Å². The normalized spacial score (nSPS) is 19.0. The summed E-state index contributed by atoms with van der Waals surface area (Å²) in [5.41, 5.74) is 9.96. The van der Waals surface area contributed by atoms with Gasteiger partial charge in [-0.15, -0.1) is 0 Å². The molecule has 25 heavy (non-hydrogen) atoms. The maximum absolute atomic E-state index is 9.63. The highest BCUT2D eigenvalue weighted by Gasteiger charge is 2.33. The summed E-state index contributed by atoms with van der Waals surface area (Å²) in [7, 11) is 0. The van der Waals surface area contributed by atoms with Gasteiger partial charge in [0.1, 0.15) is 17.5 Å². The van der Waals surface area contributed by atoms with Gasteiger partial charge in [0, 0.05) is 5.57 Å². The van der Waals surface area contributed by atoms with Crippen LogP contribution in [0.1, 0.15) is 39.2 Å². The Labute approximate surface area is 149 Å². The van der Waals surface area contributed by atoms with Crippen molar-refractivity contribution in [3.63, 3.8) is 0 Å². The zero-order valence-electron chi connectivity index (χ0n) is 15.0. The number of nitriles is 1. The fraction of sp³-hybridized carbons (Fsp3) is 0.400. The van der Waals surface area contributed by atoms with Crippen LogP contribution in [-0.2, 0) is 11.2 Å². The van der Waals surface area contributed by atoms with E-state index in [1.54, 1.807) is 5.01 Å². The number of rotatable bonds is 4. The second-order valence-corrected chi connectivity index (χ2v) is 6.95. The molecule has 0 bridgehead atoms. The number of allylic oxidation sites excluding steroid dienone is 1. The van der Waals surface area contributed by atoms with Crippen molar-refractivity contribution >= 4 is 11.4 Å². The molecular weight excluding hydrogens is 312 g/mol. The molecule has 0 saturated heterocycles. The Bertz CT molecular complexity index is 794. The molecule has 1 aromatic carbocycles. The highest BCUT2D eigenvalue weighted by atomic mass is 16.5. The molecule has 0 radical (unpaired) electrons. The Morgan fingerprint density at radius 1 is 1.32 bits per heavy atom. The third kappa shape index (κ3) is 3.45. The average Bonchev–Trinajstić information content (AvgIpc) is 2.59. The van der Waals surface area contributed by atoms with Crippen molar-refractivity contribution in [1.82, 2.24) is 0 Å². The van der Waals surface area contributed by atoms with Crippen LogP contribution in [0.4, 0.5) is 5.69 Å². The molecule has 0 saturated carbocycles. The quantitative estimate of drug-likeness (QED) is 0.911. The van der Waals surface area contributed by atoms with Crippen LogP contribution >= 0.6 is 0 Å². The molecule has 130 valence electrons. The van der Waals surface area contributed by atoms with Crippen molar-refractivity contribution in [2.75, 3.05) is 11.6 Å². The standard InChI is InChI=1S/C20H24N4O/c1-4-5-6-14-7-9-15(10-8-14)24-19(22)17(12-21)16-11-20(2,3)25-13-18(16)23-24/h7-11H,4-6,13,22H2,1-3H3. The van der Waals surface area contributed by atoms with Gasteiger partial charge in [-0.3, -0.25) is 0 Å². The highest BCUT2D eigenvalue weighted by molar-refractivity contribution is 6.08. The van der Waals surface area contributed by atoms with Crippen LogP contribution in [0, 0.1) is 11.3 Å². The first-order valence-corrected chi connectivity index (χ1v) is 8.69. The van der Waals surface area contributed by atoms with E-state index in [9.17, 15) is 5.26 Å². The number of anilines is 1. The summed E-state index contributed by atoms with van der Waals surface area (Å²) in [5.74, 6) is 0.358. The predicted molar refractivity (Wildman–Crippen MR) is 99.9 cm³/mol. The fourth-order valence-electron chi connectivity index (χ4n) is 3.02. The number of nitrogens with zero attached hydrogens (tertiary/aromatic N) is 3. The first kappa shape index (κ1) is 17.2. The first-order chi connectivity index (χ1) is 11.9. The lowest BCUT2D eigenvalue weighted by atomic mass is 9.92. The highest BCUT2D eigenvalue weighted by Crippen LogP contribution is 2.32. The second-order valence-electron chi connectivity index (χ2n) is 6.95. The van der Waals surface area contributed by atoms with Crippen LogP contribution in [0.5, 0.6) is 0 Å². The van der Waals surface area contributed by atoms with Crippen LogP contribution in [0.2, 0.25) is 0 Å². The van der Waals surface area contributed by atoms with Crippen LogP contribution < -0.4 is 10.7 Å². The van der Waals surface area contributed by atoms with E-state index in [4.69, 9.17) is 10.5 Å². The fourth-order valence-corrected chi connectivity index (χ4v) is 3.02. The maximum Gasteiger partial charge on any atom is 0.144 e. The number of hydrogen-bond acceptors (Lipinski definition) is 5. The SMILES string of the molecule is CCCCc1ccc(N2N=C3COC(C)(C)C=C3C(C#N)=C2N)cc1. The number of hydrogen-bond donors (Lipinski definition) is 1. The van der Waals surface area contributed by atoms with Crippen LogP contribution in [-0.4, -0.2) is 17.9 Å². The first-order valence-electron chi connectivity index (χ1n) is 8.69. The topological polar surface area (TPSA) is 74.6 Å². The van der Waals surface area contributed by atoms with Crippen molar-refractivity contribution < 1.29 is 4.74 Å². The van der Waals surface area contributed by atoms with Crippen molar-refractivity contribution in [1.29, 1.82) is 5.26 Å². The summed E-state index contributed by atoms with van der Waals surface area (Å²) in [6.07, 6.45) is 5.34. The summed E-state index contributed by atoms with van der Waals surface area (Å²) in [6.45, 7) is 6.47. The molecule has 2 aliphatic heterocycles. The van der Waals surface area contributed by atoms with E-state index >= 15 is 0 Å². The predicted octanol–water partition coefficient (Wildman–Crippen LogP) is 3.63. The number of fused-ring (bicyclic) bond motifs is 1. The minimum Gasteiger partial charge on any atom is -0.383 e. The monoisotopic (exact) mass is 336 g/mol. The molecule has 0 unspecified atom stereocenters. The second kappa shape index (κ2) is 6.73. The smallest absolute Gasteiger partial charge is 0.144 e. The van der Waals surface area contributed by atoms with Gasteiger partial charge in [0.15, 0.2) is 0 Å². The van der Waals surface area contributed by atoms with E-state index < -0.39 is 5.60 Å². The number of hydrazone groups is 1. The van der Waals surface area contributed by atoms with E-state index in [-0.39, 0.29) is 0 Å². The zero-order valence-corrected chi connectivity index (χ0v) is 15.0. The van der Waals surface area contributed by atoms with Gasteiger partial charge in [0.2, 0.25) is 0 Å². The molecule has 0 fully saturated rings. The summed E-state index contributed by atoms with van der Waals surface area (Å²) in [5, 5.41) is 15.9. The number of ether oxygens (including phenoxy) is 1. The van der Waals surface area contributed by atoms with Crippen LogP contribution in [0.3, 0.4) is 0 Å². The molecule has 0 aliphatic carbocycles. The van der Waals surface area contributed by atoms with E-state index in [1.165, 1.54) is 18.4 Å². The number of aryl methyl sites for hydroxylation is 1. The Kier molecular flexibility index (Phi) is 4.65.